The lowest BCUT2D eigenvalue weighted by molar-refractivity contribution is -0.132. The number of Topliss-reactive ketones (excluding diaryl/α,β-unsaturated/α-hetero) is 1. The van der Waals surface area contributed by atoms with Crippen LogP contribution in [-0.4, -0.2) is 33.4 Å². The number of nitrogens with zero attached hydrogens (tertiary/aromatic N) is 3. The zero-order valence-electron chi connectivity index (χ0n) is 18.6. The van der Waals surface area contributed by atoms with Crippen molar-refractivity contribution in [2.45, 2.75) is 19.9 Å². The van der Waals surface area contributed by atoms with E-state index in [-0.39, 0.29) is 11.3 Å². The molecule has 8 heteroatoms. The molecular weight excluding hydrogens is 450 g/mol. The first-order valence-corrected chi connectivity index (χ1v) is 11.6. The van der Waals surface area contributed by atoms with Gasteiger partial charge < -0.3 is 9.84 Å². The fourth-order valence-corrected chi connectivity index (χ4v) is 5.16. The fourth-order valence-electron chi connectivity index (χ4n) is 4.07. The highest BCUT2D eigenvalue weighted by Gasteiger charge is 2.48. The lowest BCUT2D eigenvalue weighted by Gasteiger charge is -2.22. The van der Waals surface area contributed by atoms with E-state index >= 15 is 0 Å². The van der Waals surface area contributed by atoms with Crippen molar-refractivity contribution < 1.29 is 19.4 Å². The summed E-state index contributed by atoms with van der Waals surface area (Å²) in [6.45, 7) is 4.31. The molecule has 1 saturated heterocycles. The first-order chi connectivity index (χ1) is 16.5. The Morgan fingerprint density at radius 2 is 1.91 bits per heavy atom. The average Bonchev–Trinajstić information content (AvgIpc) is 3.37. The van der Waals surface area contributed by atoms with E-state index in [1.54, 1.807) is 48.8 Å². The van der Waals surface area contributed by atoms with Gasteiger partial charge in [0.2, 0.25) is 0 Å². The zero-order chi connectivity index (χ0) is 23.8. The molecule has 1 amide bonds. The van der Waals surface area contributed by atoms with E-state index in [9.17, 15) is 14.7 Å². The van der Waals surface area contributed by atoms with E-state index in [0.29, 0.717) is 28.6 Å². The number of thiazole rings is 1. The normalized spacial score (nSPS) is 17.5. The minimum absolute atomic E-state index is 0.000264. The van der Waals surface area contributed by atoms with Crippen LogP contribution < -0.4 is 9.64 Å². The number of anilines is 1. The number of carbonyl (C=O) groups excluding carboxylic acids is 2. The summed E-state index contributed by atoms with van der Waals surface area (Å²) in [6, 6.07) is 15.3. The molecule has 1 aliphatic rings. The van der Waals surface area contributed by atoms with Gasteiger partial charge in [-0.25, -0.2) is 4.98 Å². The third-order valence-corrected chi connectivity index (χ3v) is 6.64. The monoisotopic (exact) mass is 471 g/mol. The summed E-state index contributed by atoms with van der Waals surface area (Å²) in [5, 5.41) is 11.7. The topological polar surface area (TPSA) is 92.6 Å². The van der Waals surface area contributed by atoms with Crippen molar-refractivity contribution in [2.24, 2.45) is 0 Å². The van der Waals surface area contributed by atoms with Gasteiger partial charge in [0.15, 0.2) is 5.13 Å². The number of fused-ring (bicyclic) bond motifs is 1. The highest BCUT2D eigenvalue weighted by atomic mass is 32.1. The van der Waals surface area contributed by atoms with Gasteiger partial charge in [-0.15, -0.1) is 0 Å². The van der Waals surface area contributed by atoms with Gasteiger partial charge in [0.05, 0.1) is 28.4 Å². The molecule has 0 saturated carbocycles. The third kappa shape index (κ3) is 3.72. The van der Waals surface area contributed by atoms with E-state index in [1.165, 1.54) is 16.2 Å². The number of amides is 1. The number of rotatable bonds is 5. The summed E-state index contributed by atoms with van der Waals surface area (Å²) < 4.78 is 6.45. The molecule has 0 bridgehead atoms. The van der Waals surface area contributed by atoms with E-state index < -0.39 is 17.7 Å². The molecule has 4 aromatic rings. The highest BCUT2D eigenvalue weighted by molar-refractivity contribution is 7.22. The number of pyridine rings is 1. The predicted octanol–water partition coefficient (Wildman–Crippen LogP) is 5.02. The van der Waals surface area contributed by atoms with Crippen LogP contribution in [-0.2, 0) is 9.59 Å². The molecule has 0 radical (unpaired) electrons. The molecule has 170 valence electrons. The number of benzene rings is 2. The average molecular weight is 472 g/mol. The Labute approximate surface area is 200 Å². The zero-order valence-corrected chi connectivity index (χ0v) is 19.4. The Kier molecular flexibility index (Phi) is 5.59. The second kappa shape index (κ2) is 8.72. The lowest BCUT2D eigenvalue weighted by atomic mass is 9.96. The van der Waals surface area contributed by atoms with Crippen LogP contribution in [0.15, 0.2) is 72.6 Å². The summed E-state index contributed by atoms with van der Waals surface area (Å²) in [4.78, 5) is 36.7. The molecule has 5 rings (SSSR count). The minimum atomic E-state index is -0.847. The van der Waals surface area contributed by atoms with Crippen molar-refractivity contribution in [1.29, 1.82) is 0 Å². The number of hydrogen-bond acceptors (Lipinski definition) is 7. The highest BCUT2D eigenvalue weighted by Crippen LogP contribution is 2.44. The molecular formula is C26H21N3O4S. The van der Waals surface area contributed by atoms with Gasteiger partial charge in [-0.05, 0) is 61.4 Å². The molecule has 3 heterocycles. The maximum Gasteiger partial charge on any atom is 0.301 e. The van der Waals surface area contributed by atoms with Crippen LogP contribution in [0.4, 0.5) is 5.13 Å². The van der Waals surface area contributed by atoms with Crippen LogP contribution in [0.5, 0.6) is 5.75 Å². The quantitative estimate of drug-likeness (QED) is 0.249. The molecule has 0 spiro atoms. The molecule has 7 nitrogen and oxygen atoms in total. The van der Waals surface area contributed by atoms with Crippen molar-refractivity contribution >= 4 is 44.1 Å². The summed E-state index contributed by atoms with van der Waals surface area (Å²) >= 11 is 1.33. The third-order valence-electron chi connectivity index (χ3n) is 5.62. The Balaban J connectivity index is 1.70. The Morgan fingerprint density at radius 1 is 1.12 bits per heavy atom. The van der Waals surface area contributed by atoms with Crippen LogP contribution in [0.2, 0.25) is 0 Å². The van der Waals surface area contributed by atoms with Gasteiger partial charge in [-0.3, -0.25) is 19.5 Å². The first-order valence-electron chi connectivity index (χ1n) is 10.8. The number of ether oxygens (including phenoxy) is 1. The first kappa shape index (κ1) is 21.8. The van der Waals surface area contributed by atoms with Crippen LogP contribution in [0, 0.1) is 6.92 Å². The maximum absolute atomic E-state index is 13.3. The van der Waals surface area contributed by atoms with Gasteiger partial charge >= 0.3 is 5.91 Å². The second-order valence-corrected chi connectivity index (χ2v) is 8.89. The SMILES string of the molecule is CCOc1cccc(C(O)=C2C(=O)C(=O)N(c3nc4ccc(C)cc4s3)C2c2ccncc2)c1. The number of aliphatic hydroxyl groups excluding tert-OH is 1. The van der Waals surface area contributed by atoms with E-state index in [0.717, 1.165) is 15.8 Å². The van der Waals surface area contributed by atoms with Crippen molar-refractivity contribution in [2.75, 3.05) is 11.5 Å². The summed E-state index contributed by atoms with van der Waals surface area (Å²) in [7, 11) is 0. The molecule has 1 aliphatic heterocycles. The van der Waals surface area contributed by atoms with E-state index in [1.807, 2.05) is 32.0 Å². The van der Waals surface area contributed by atoms with Gasteiger partial charge in [0.1, 0.15) is 11.5 Å². The van der Waals surface area contributed by atoms with E-state index in [2.05, 4.69) is 9.97 Å². The van der Waals surface area contributed by atoms with Crippen molar-refractivity contribution in [1.82, 2.24) is 9.97 Å². The number of aromatic nitrogens is 2. The summed E-state index contributed by atoms with van der Waals surface area (Å²) in [5.74, 6) is -1.21. The van der Waals surface area contributed by atoms with E-state index in [4.69, 9.17) is 4.74 Å². The van der Waals surface area contributed by atoms with Crippen LogP contribution in [0.3, 0.4) is 0 Å². The summed E-state index contributed by atoms with van der Waals surface area (Å²) in [6.07, 6.45) is 3.18. The smallest absolute Gasteiger partial charge is 0.301 e. The van der Waals surface area contributed by atoms with Crippen molar-refractivity contribution in [3.05, 3.63) is 89.3 Å². The van der Waals surface area contributed by atoms with Gasteiger partial charge in [0, 0.05) is 18.0 Å². The molecule has 34 heavy (non-hydrogen) atoms. The van der Waals surface area contributed by atoms with Gasteiger partial charge in [0.25, 0.3) is 5.78 Å². The Hall–Kier alpha value is -4.04. The fraction of sp³-hybridized carbons (Fsp3) is 0.154. The summed E-state index contributed by atoms with van der Waals surface area (Å²) in [5.41, 5.74) is 2.85. The maximum atomic E-state index is 13.3. The minimum Gasteiger partial charge on any atom is -0.507 e. The molecule has 2 aromatic carbocycles. The largest absolute Gasteiger partial charge is 0.507 e. The molecule has 1 atom stereocenters. The number of aliphatic hydroxyl groups is 1. The number of carbonyl (C=O) groups is 2. The standard InChI is InChI=1S/C26H21N3O4S/c1-3-33-18-6-4-5-17(14-18)23(30)21-22(16-9-11-27-12-10-16)29(25(32)24(21)31)26-28-19-8-7-15(2)13-20(19)34-26/h4-14,22,30H,3H2,1-2H3. The van der Waals surface area contributed by atoms with Crippen molar-refractivity contribution in [3.8, 4) is 5.75 Å². The van der Waals surface area contributed by atoms with Crippen LogP contribution in [0.1, 0.15) is 29.7 Å². The lowest BCUT2D eigenvalue weighted by Crippen LogP contribution is -2.29. The van der Waals surface area contributed by atoms with Crippen LogP contribution in [0.25, 0.3) is 16.0 Å². The molecule has 1 unspecified atom stereocenters. The molecule has 2 aromatic heterocycles. The molecule has 1 N–H and O–H groups in total. The number of ketones is 1. The van der Waals surface area contributed by atoms with Crippen molar-refractivity contribution in [3.63, 3.8) is 0 Å². The van der Waals surface area contributed by atoms with Crippen LogP contribution >= 0.6 is 11.3 Å². The van der Waals surface area contributed by atoms with Gasteiger partial charge in [-0.1, -0.05) is 29.5 Å². The predicted molar refractivity (Wildman–Crippen MR) is 131 cm³/mol. The Morgan fingerprint density at radius 3 is 2.68 bits per heavy atom. The Bertz CT molecular complexity index is 1440. The molecule has 0 aliphatic carbocycles. The van der Waals surface area contributed by atoms with Gasteiger partial charge in [-0.2, -0.15) is 0 Å². The number of aryl methyl sites for hydroxylation is 1. The second-order valence-electron chi connectivity index (χ2n) is 7.88. The number of hydrogen-bond donors (Lipinski definition) is 1. The molecule has 1 fully saturated rings.